The van der Waals surface area contributed by atoms with Gasteiger partial charge < -0.3 is 19.9 Å². The number of carbonyl (C=O) groups is 2. The van der Waals surface area contributed by atoms with Crippen LogP contribution in [0.4, 0.5) is 9.59 Å². The van der Waals surface area contributed by atoms with Gasteiger partial charge in [0.25, 0.3) is 0 Å². The Labute approximate surface area is 145 Å². The van der Waals surface area contributed by atoms with Crippen LogP contribution >= 0.6 is 0 Å². The zero-order valence-electron chi connectivity index (χ0n) is 15.1. The zero-order chi connectivity index (χ0) is 17.4. The number of ether oxygens (including phenoxy) is 1. The van der Waals surface area contributed by atoms with Gasteiger partial charge in [0.15, 0.2) is 0 Å². The first kappa shape index (κ1) is 18.8. The van der Waals surface area contributed by atoms with Crippen LogP contribution in [0.15, 0.2) is 0 Å². The molecule has 2 aliphatic heterocycles. The summed E-state index contributed by atoms with van der Waals surface area (Å²) >= 11 is 0. The Hall–Kier alpha value is -1.50. The second-order valence-corrected chi connectivity index (χ2v) is 6.59. The molecule has 7 heteroatoms. The summed E-state index contributed by atoms with van der Waals surface area (Å²) in [6, 6.07) is 0.195. The number of carbonyl (C=O) groups excluding carboxylic acids is 2. The number of nitrogens with zero attached hydrogens (tertiary/aromatic N) is 3. The summed E-state index contributed by atoms with van der Waals surface area (Å²) in [7, 11) is 0. The summed E-state index contributed by atoms with van der Waals surface area (Å²) in [5.74, 6) is 0. The van der Waals surface area contributed by atoms with E-state index in [2.05, 4.69) is 17.1 Å². The normalized spacial score (nSPS) is 20.1. The quantitative estimate of drug-likeness (QED) is 0.828. The first-order chi connectivity index (χ1) is 11.6. The molecule has 0 spiro atoms. The molecule has 0 bridgehead atoms. The SMILES string of the molecule is CCCCN1CCN(C(=O)NC2CCN(C(=O)OCC)CC2)CC1. The minimum atomic E-state index is -0.245. The minimum Gasteiger partial charge on any atom is -0.450 e. The molecule has 138 valence electrons. The van der Waals surface area contributed by atoms with Gasteiger partial charge in [0.1, 0.15) is 0 Å². The summed E-state index contributed by atoms with van der Waals surface area (Å²) in [6.45, 7) is 10.4. The zero-order valence-corrected chi connectivity index (χ0v) is 15.1. The van der Waals surface area contributed by atoms with Gasteiger partial charge in [-0.25, -0.2) is 9.59 Å². The highest BCUT2D eigenvalue weighted by Crippen LogP contribution is 2.12. The fourth-order valence-electron chi connectivity index (χ4n) is 3.24. The van der Waals surface area contributed by atoms with Crippen LogP contribution in [0.1, 0.15) is 39.5 Å². The lowest BCUT2D eigenvalue weighted by atomic mass is 10.1. The van der Waals surface area contributed by atoms with Gasteiger partial charge >= 0.3 is 12.1 Å². The van der Waals surface area contributed by atoms with E-state index in [1.807, 2.05) is 11.8 Å². The maximum absolute atomic E-state index is 12.4. The fraction of sp³-hybridized carbons (Fsp3) is 0.882. The van der Waals surface area contributed by atoms with Gasteiger partial charge in [-0.15, -0.1) is 0 Å². The summed E-state index contributed by atoms with van der Waals surface area (Å²) in [5.41, 5.74) is 0. The predicted molar refractivity (Wildman–Crippen MR) is 93.1 cm³/mol. The van der Waals surface area contributed by atoms with Crippen LogP contribution in [0.2, 0.25) is 0 Å². The number of piperidine rings is 1. The molecule has 0 unspecified atom stereocenters. The first-order valence-corrected chi connectivity index (χ1v) is 9.33. The van der Waals surface area contributed by atoms with E-state index in [1.54, 1.807) is 4.90 Å². The molecule has 0 radical (unpaired) electrons. The number of amides is 3. The highest BCUT2D eigenvalue weighted by atomic mass is 16.6. The van der Waals surface area contributed by atoms with Crippen molar-refractivity contribution < 1.29 is 14.3 Å². The molecule has 0 aromatic heterocycles. The van der Waals surface area contributed by atoms with E-state index in [4.69, 9.17) is 4.74 Å². The topological polar surface area (TPSA) is 65.1 Å². The maximum Gasteiger partial charge on any atom is 0.409 e. The van der Waals surface area contributed by atoms with E-state index in [0.717, 1.165) is 45.6 Å². The number of unbranched alkanes of at least 4 members (excludes halogenated alkanes) is 1. The van der Waals surface area contributed by atoms with E-state index < -0.39 is 0 Å². The van der Waals surface area contributed by atoms with E-state index in [1.165, 1.54) is 12.8 Å². The standard InChI is InChI=1S/C17H32N4O3/c1-3-5-8-19-11-13-20(14-12-19)16(22)18-15-6-9-21(10-7-15)17(23)24-4-2/h15H,3-14H2,1-2H3,(H,18,22). The molecule has 0 aliphatic carbocycles. The number of piperazine rings is 1. The van der Waals surface area contributed by atoms with Crippen LogP contribution < -0.4 is 5.32 Å². The van der Waals surface area contributed by atoms with Crippen molar-refractivity contribution in [2.75, 3.05) is 52.4 Å². The number of urea groups is 1. The van der Waals surface area contributed by atoms with E-state index in [-0.39, 0.29) is 18.2 Å². The highest BCUT2D eigenvalue weighted by molar-refractivity contribution is 5.74. The van der Waals surface area contributed by atoms with Gasteiger partial charge in [0, 0.05) is 45.3 Å². The summed E-state index contributed by atoms with van der Waals surface area (Å²) in [6.07, 6.45) is 3.78. The Morgan fingerprint density at radius 2 is 1.67 bits per heavy atom. The third-order valence-corrected chi connectivity index (χ3v) is 4.84. The Morgan fingerprint density at radius 1 is 1.00 bits per heavy atom. The second kappa shape index (κ2) is 9.71. The molecule has 0 aromatic carbocycles. The number of rotatable bonds is 5. The molecule has 2 fully saturated rings. The first-order valence-electron chi connectivity index (χ1n) is 9.33. The van der Waals surface area contributed by atoms with E-state index >= 15 is 0 Å². The molecule has 0 atom stereocenters. The van der Waals surface area contributed by atoms with Crippen molar-refractivity contribution in [3.05, 3.63) is 0 Å². The Balaban J connectivity index is 1.66. The second-order valence-electron chi connectivity index (χ2n) is 6.59. The van der Waals surface area contributed by atoms with Crippen molar-refractivity contribution in [1.29, 1.82) is 0 Å². The number of nitrogens with one attached hydrogen (secondary N) is 1. The molecule has 2 saturated heterocycles. The fourth-order valence-corrected chi connectivity index (χ4v) is 3.24. The molecule has 2 rings (SSSR count). The lowest BCUT2D eigenvalue weighted by molar-refractivity contribution is 0.0940. The Kier molecular flexibility index (Phi) is 7.62. The molecule has 24 heavy (non-hydrogen) atoms. The van der Waals surface area contributed by atoms with Gasteiger partial charge in [-0.2, -0.15) is 0 Å². The predicted octanol–water partition coefficient (Wildman–Crippen LogP) is 1.73. The van der Waals surface area contributed by atoms with Crippen LogP contribution in [0.3, 0.4) is 0 Å². The van der Waals surface area contributed by atoms with E-state index in [9.17, 15) is 9.59 Å². The Morgan fingerprint density at radius 3 is 2.25 bits per heavy atom. The van der Waals surface area contributed by atoms with Gasteiger partial charge in [-0.1, -0.05) is 13.3 Å². The molecule has 1 N–H and O–H groups in total. The largest absolute Gasteiger partial charge is 0.450 e. The lowest BCUT2D eigenvalue weighted by Crippen LogP contribution is -2.55. The summed E-state index contributed by atoms with van der Waals surface area (Å²) < 4.78 is 5.02. The van der Waals surface area contributed by atoms with Crippen LogP contribution in [0, 0.1) is 0 Å². The van der Waals surface area contributed by atoms with Gasteiger partial charge in [0.2, 0.25) is 0 Å². The van der Waals surface area contributed by atoms with Crippen molar-refractivity contribution in [3.8, 4) is 0 Å². The van der Waals surface area contributed by atoms with Crippen molar-refractivity contribution in [3.63, 3.8) is 0 Å². The Bertz CT molecular complexity index is 403. The van der Waals surface area contributed by atoms with Crippen LogP contribution in [-0.2, 0) is 4.74 Å². The third-order valence-electron chi connectivity index (χ3n) is 4.84. The summed E-state index contributed by atoms with van der Waals surface area (Å²) in [5, 5.41) is 3.13. The number of hydrogen-bond acceptors (Lipinski definition) is 4. The average molecular weight is 340 g/mol. The molecular formula is C17H32N4O3. The smallest absolute Gasteiger partial charge is 0.409 e. The van der Waals surface area contributed by atoms with Crippen molar-refractivity contribution in [2.24, 2.45) is 0 Å². The van der Waals surface area contributed by atoms with E-state index in [0.29, 0.717) is 19.7 Å². The number of likely N-dealkylation sites (tertiary alicyclic amines) is 1. The van der Waals surface area contributed by atoms with Gasteiger partial charge in [-0.05, 0) is 32.7 Å². The molecule has 0 aromatic rings. The molecular weight excluding hydrogens is 308 g/mol. The number of hydrogen-bond donors (Lipinski definition) is 1. The molecule has 2 aliphatic rings. The minimum absolute atomic E-state index is 0.0414. The molecule has 0 saturated carbocycles. The highest BCUT2D eigenvalue weighted by Gasteiger charge is 2.27. The van der Waals surface area contributed by atoms with Crippen LogP contribution in [0.5, 0.6) is 0 Å². The molecule has 7 nitrogen and oxygen atoms in total. The molecule has 2 heterocycles. The van der Waals surface area contributed by atoms with Gasteiger partial charge in [0.05, 0.1) is 6.61 Å². The molecule has 3 amide bonds. The monoisotopic (exact) mass is 340 g/mol. The average Bonchev–Trinajstić information content (AvgIpc) is 2.61. The maximum atomic E-state index is 12.4. The van der Waals surface area contributed by atoms with Crippen LogP contribution in [0.25, 0.3) is 0 Å². The lowest BCUT2D eigenvalue weighted by Gasteiger charge is -2.37. The third kappa shape index (κ3) is 5.54. The van der Waals surface area contributed by atoms with Crippen molar-refractivity contribution in [2.45, 2.75) is 45.6 Å². The van der Waals surface area contributed by atoms with Crippen LogP contribution in [-0.4, -0.2) is 85.3 Å². The van der Waals surface area contributed by atoms with Crippen molar-refractivity contribution in [1.82, 2.24) is 20.0 Å². The van der Waals surface area contributed by atoms with Crippen molar-refractivity contribution >= 4 is 12.1 Å². The summed E-state index contributed by atoms with van der Waals surface area (Å²) in [4.78, 5) is 30.2. The van der Waals surface area contributed by atoms with Gasteiger partial charge in [-0.3, -0.25) is 4.90 Å².